The highest BCUT2D eigenvalue weighted by Gasteiger charge is 2.15. The second-order valence-corrected chi connectivity index (χ2v) is 8.27. The van der Waals surface area contributed by atoms with Crippen LogP contribution < -0.4 is 4.74 Å². The molecule has 0 spiro atoms. The summed E-state index contributed by atoms with van der Waals surface area (Å²) in [5, 5.41) is 1.08. The summed E-state index contributed by atoms with van der Waals surface area (Å²) in [5.74, 6) is 0.863. The lowest BCUT2D eigenvalue weighted by Crippen LogP contribution is -2.05. The summed E-state index contributed by atoms with van der Waals surface area (Å²) in [4.78, 5) is 12.1. The summed E-state index contributed by atoms with van der Waals surface area (Å²) in [6.07, 6.45) is 2.82. The Morgan fingerprint density at radius 3 is 2.29 bits per heavy atom. The van der Waals surface area contributed by atoms with Crippen molar-refractivity contribution in [1.82, 2.24) is 0 Å². The molecular weight excluding hydrogens is 384 g/mol. The predicted molar refractivity (Wildman–Crippen MR) is 121 cm³/mol. The van der Waals surface area contributed by atoms with Crippen LogP contribution in [0.15, 0.2) is 92.6 Å². The number of rotatable bonds is 4. The summed E-state index contributed by atoms with van der Waals surface area (Å²) >= 11 is 3.39. The first-order chi connectivity index (χ1) is 13.7. The van der Waals surface area contributed by atoms with Crippen molar-refractivity contribution in [3.8, 4) is 5.75 Å². The van der Waals surface area contributed by atoms with Crippen LogP contribution in [0, 0.1) is 0 Å². The monoisotopic (exact) mass is 404 g/mol. The van der Waals surface area contributed by atoms with E-state index in [1.54, 1.807) is 30.6 Å². The van der Waals surface area contributed by atoms with E-state index in [0.29, 0.717) is 0 Å². The highest BCUT2D eigenvalue weighted by Crippen LogP contribution is 2.38. The second kappa shape index (κ2) is 8.67. The molecule has 3 aromatic carbocycles. The molecule has 3 nitrogen and oxygen atoms in total. The van der Waals surface area contributed by atoms with E-state index < -0.39 is 0 Å². The zero-order chi connectivity index (χ0) is 19.3. The zero-order valence-corrected chi connectivity index (χ0v) is 17.4. The number of methoxy groups -OCH3 is 1. The number of hydrogen-bond acceptors (Lipinski definition) is 5. The molecule has 140 valence electrons. The second-order valence-electron chi connectivity index (χ2n) is 6.24. The first kappa shape index (κ1) is 18.8. The minimum absolute atomic E-state index is 0.751. The lowest BCUT2D eigenvalue weighted by atomic mass is 10.1. The van der Waals surface area contributed by atoms with Gasteiger partial charge in [-0.1, -0.05) is 42.1 Å². The molecule has 0 saturated heterocycles. The van der Waals surface area contributed by atoms with Crippen molar-refractivity contribution in [1.29, 1.82) is 0 Å². The lowest BCUT2D eigenvalue weighted by molar-refractivity contribution is 0.414. The number of nitrogens with zero attached hydrogens (tertiary/aromatic N) is 2. The van der Waals surface area contributed by atoms with Gasteiger partial charge in [0.25, 0.3) is 0 Å². The number of ether oxygens (including phenoxy) is 1. The SMILES string of the molecule is COc1ccc(Sc2ccc3c(c2)N=C(c2ccccc2)CC(SC)=N3)cc1. The summed E-state index contributed by atoms with van der Waals surface area (Å²) < 4.78 is 5.24. The fourth-order valence-electron chi connectivity index (χ4n) is 2.95. The first-order valence-electron chi connectivity index (χ1n) is 8.95. The average molecular weight is 405 g/mol. The van der Waals surface area contributed by atoms with Crippen molar-refractivity contribution in [2.24, 2.45) is 9.98 Å². The Kier molecular flexibility index (Phi) is 5.84. The maximum Gasteiger partial charge on any atom is 0.118 e. The number of hydrogen-bond donors (Lipinski definition) is 0. The van der Waals surface area contributed by atoms with Gasteiger partial charge in [-0.3, -0.25) is 4.99 Å². The van der Waals surface area contributed by atoms with E-state index in [9.17, 15) is 0 Å². The van der Waals surface area contributed by atoms with Crippen molar-refractivity contribution < 1.29 is 4.74 Å². The molecule has 3 aromatic rings. The smallest absolute Gasteiger partial charge is 0.118 e. The van der Waals surface area contributed by atoms with Gasteiger partial charge in [-0.2, -0.15) is 0 Å². The fourth-order valence-corrected chi connectivity index (χ4v) is 4.27. The van der Waals surface area contributed by atoms with Crippen LogP contribution in [0.1, 0.15) is 12.0 Å². The Bertz CT molecular complexity index is 1030. The van der Waals surface area contributed by atoms with Gasteiger partial charge in [-0.05, 0) is 54.3 Å². The zero-order valence-electron chi connectivity index (χ0n) is 15.8. The Morgan fingerprint density at radius 2 is 1.57 bits per heavy atom. The van der Waals surface area contributed by atoms with Crippen molar-refractivity contribution in [2.45, 2.75) is 16.2 Å². The van der Waals surface area contributed by atoms with E-state index in [0.717, 1.165) is 49.7 Å². The van der Waals surface area contributed by atoms with E-state index in [1.807, 2.05) is 18.2 Å². The van der Waals surface area contributed by atoms with Crippen LogP contribution in [-0.4, -0.2) is 24.1 Å². The topological polar surface area (TPSA) is 34.0 Å². The normalized spacial score (nSPS) is 13.2. The van der Waals surface area contributed by atoms with Crippen LogP contribution in [0.4, 0.5) is 11.4 Å². The number of benzene rings is 3. The van der Waals surface area contributed by atoms with E-state index in [4.69, 9.17) is 14.7 Å². The Hall–Kier alpha value is -2.50. The van der Waals surface area contributed by atoms with Crippen molar-refractivity contribution in [3.05, 3.63) is 78.4 Å². The van der Waals surface area contributed by atoms with E-state index >= 15 is 0 Å². The van der Waals surface area contributed by atoms with Crippen LogP contribution in [0.25, 0.3) is 0 Å². The predicted octanol–water partition coefficient (Wildman–Crippen LogP) is 6.76. The molecule has 28 heavy (non-hydrogen) atoms. The molecule has 0 radical (unpaired) electrons. The molecule has 1 aliphatic heterocycles. The quantitative estimate of drug-likeness (QED) is 0.481. The van der Waals surface area contributed by atoms with Gasteiger partial charge in [0.1, 0.15) is 5.75 Å². The molecule has 1 heterocycles. The van der Waals surface area contributed by atoms with Crippen LogP contribution in [0.2, 0.25) is 0 Å². The minimum atomic E-state index is 0.751. The first-order valence-corrected chi connectivity index (χ1v) is 11.0. The Morgan fingerprint density at radius 1 is 0.821 bits per heavy atom. The average Bonchev–Trinajstić information content (AvgIpc) is 2.94. The molecular formula is C23H20N2OS2. The van der Waals surface area contributed by atoms with Gasteiger partial charge in [0.05, 0.1) is 29.2 Å². The third-order valence-electron chi connectivity index (χ3n) is 4.40. The molecule has 5 heteroatoms. The largest absolute Gasteiger partial charge is 0.497 e. The highest BCUT2D eigenvalue weighted by atomic mass is 32.2. The number of aliphatic imine (C=N–C) groups is 2. The van der Waals surface area contributed by atoms with Crippen LogP contribution >= 0.6 is 23.5 Å². The molecule has 0 fully saturated rings. The summed E-state index contributed by atoms with van der Waals surface area (Å²) in [6.45, 7) is 0. The summed E-state index contributed by atoms with van der Waals surface area (Å²) in [7, 11) is 1.68. The molecule has 0 amide bonds. The van der Waals surface area contributed by atoms with Gasteiger partial charge < -0.3 is 4.74 Å². The van der Waals surface area contributed by atoms with E-state index in [2.05, 4.69) is 60.9 Å². The molecule has 0 bridgehead atoms. The minimum Gasteiger partial charge on any atom is -0.497 e. The van der Waals surface area contributed by atoms with Crippen molar-refractivity contribution >= 4 is 45.7 Å². The molecule has 0 unspecified atom stereocenters. The van der Waals surface area contributed by atoms with Crippen molar-refractivity contribution in [2.75, 3.05) is 13.4 Å². The Balaban J connectivity index is 1.69. The lowest BCUT2D eigenvalue weighted by Gasteiger charge is -2.07. The maximum atomic E-state index is 5.24. The molecule has 0 aliphatic carbocycles. The molecule has 4 rings (SSSR count). The van der Waals surface area contributed by atoms with Crippen LogP contribution in [-0.2, 0) is 0 Å². The van der Waals surface area contributed by atoms with Crippen LogP contribution in [0.3, 0.4) is 0 Å². The van der Waals surface area contributed by atoms with Crippen molar-refractivity contribution in [3.63, 3.8) is 0 Å². The molecule has 1 aliphatic rings. The van der Waals surface area contributed by atoms with Gasteiger partial charge in [0, 0.05) is 16.2 Å². The van der Waals surface area contributed by atoms with Gasteiger partial charge in [0.15, 0.2) is 0 Å². The highest BCUT2D eigenvalue weighted by molar-refractivity contribution is 8.13. The summed E-state index contributed by atoms with van der Waals surface area (Å²) in [5.41, 5.74) is 4.04. The summed E-state index contributed by atoms with van der Waals surface area (Å²) in [6, 6.07) is 24.7. The third kappa shape index (κ3) is 4.32. The van der Waals surface area contributed by atoms with Gasteiger partial charge >= 0.3 is 0 Å². The maximum absolute atomic E-state index is 5.24. The van der Waals surface area contributed by atoms with E-state index in [-0.39, 0.29) is 0 Å². The van der Waals surface area contributed by atoms with Gasteiger partial charge in [-0.15, -0.1) is 11.8 Å². The van der Waals surface area contributed by atoms with Gasteiger partial charge in [-0.25, -0.2) is 4.99 Å². The van der Waals surface area contributed by atoms with E-state index in [1.165, 1.54) is 0 Å². The number of fused-ring (bicyclic) bond motifs is 1. The van der Waals surface area contributed by atoms with Crippen LogP contribution in [0.5, 0.6) is 5.75 Å². The molecule has 0 aromatic heterocycles. The molecule has 0 saturated carbocycles. The molecule has 0 atom stereocenters. The Labute approximate surface area is 174 Å². The fraction of sp³-hybridized carbons (Fsp3) is 0.130. The third-order valence-corrected chi connectivity index (χ3v) is 6.11. The standard InChI is InChI=1S/C23H20N2OS2/c1-26-17-8-10-18(11-9-17)28-19-12-13-20-22(14-19)24-21(15-23(25-20)27-2)16-6-4-3-5-7-16/h3-14H,15H2,1-2H3. The van der Waals surface area contributed by atoms with Gasteiger partial charge in [0.2, 0.25) is 0 Å². The molecule has 0 N–H and O–H groups in total. The number of thioether (sulfide) groups is 1.